The van der Waals surface area contributed by atoms with Crippen LogP contribution < -0.4 is 20.7 Å². The lowest BCUT2D eigenvalue weighted by molar-refractivity contribution is -0.274. The number of hydrogen-bond acceptors (Lipinski definition) is 6. The van der Waals surface area contributed by atoms with Crippen molar-refractivity contribution in [1.29, 1.82) is 0 Å². The number of imidazole rings is 1. The van der Waals surface area contributed by atoms with Crippen LogP contribution in [0.3, 0.4) is 0 Å². The number of benzene rings is 2. The Labute approximate surface area is 199 Å². The molecule has 2 heterocycles. The summed E-state index contributed by atoms with van der Waals surface area (Å²) in [6.07, 6.45) is -4.71. The van der Waals surface area contributed by atoms with Crippen molar-refractivity contribution in [2.75, 3.05) is 6.61 Å². The molecule has 0 aliphatic carbocycles. The van der Waals surface area contributed by atoms with Gasteiger partial charge in [-0.3, -0.25) is 18.9 Å². The smallest absolute Gasteiger partial charge is 0.425 e. The lowest BCUT2D eigenvalue weighted by Crippen LogP contribution is -2.36. The number of hydrogen-bond donors (Lipinski definition) is 2. The summed E-state index contributed by atoms with van der Waals surface area (Å²) in [5, 5.41) is 9.60. The van der Waals surface area contributed by atoms with E-state index in [1.807, 2.05) is 0 Å². The highest BCUT2D eigenvalue weighted by atomic mass is 35.5. The van der Waals surface area contributed by atoms with Crippen molar-refractivity contribution in [2.24, 2.45) is 0 Å². The molecule has 0 bridgehead atoms. The molecule has 4 aromatic rings. The number of nitrogens with zero attached hydrogens (tertiary/aromatic N) is 3. The fourth-order valence-corrected chi connectivity index (χ4v) is 3.52. The molecule has 2 aromatic carbocycles. The number of aliphatic hydroxyl groups excluding tert-OH is 1. The third kappa shape index (κ3) is 5.66. The molecule has 0 saturated carbocycles. The zero-order valence-corrected chi connectivity index (χ0v) is 18.6. The summed E-state index contributed by atoms with van der Waals surface area (Å²) >= 11 is 5.95. The minimum absolute atomic E-state index is 0.00943. The zero-order valence-electron chi connectivity index (χ0n) is 17.9. The van der Waals surface area contributed by atoms with E-state index < -0.39 is 23.4 Å². The maximum atomic E-state index is 13.2. The lowest BCUT2D eigenvalue weighted by atomic mass is 10.2. The largest absolute Gasteiger partial charge is 0.573 e. The Bertz CT molecular complexity index is 1460. The normalized spacial score (nSPS) is 11.7. The number of ether oxygens (including phenoxy) is 2. The van der Waals surface area contributed by atoms with E-state index in [1.165, 1.54) is 16.7 Å². The second-order valence-electron chi connectivity index (χ2n) is 7.39. The van der Waals surface area contributed by atoms with Crippen LogP contribution in [-0.4, -0.2) is 37.2 Å². The number of aromatic amines is 1. The predicted molar refractivity (Wildman–Crippen MR) is 120 cm³/mol. The SMILES string of the molecule is O=c1[nH]c2nc(Oc3cccc(OC(F)(F)F)c3)n(Cc3ccc(Cl)cc3)c2c(=O)n1CCCO. The molecule has 0 aliphatic rings. The van der Waals surface area contributed by atoms with Crippen molar-refractivity contribution in [2.45, 2.75) is 25.9 Å². The minimum Gasteiger partial charge on any atom is -0.425 e. The summed E-state index contributed by atoms with van der Waals surface area (Å²) in [7, 11) is 0. The molecule has 2 N–H and O–H groups in total. The average Bonchev–Trinajstić information content (AvgIpc) is 3.10. The Morgan fingerprint density at radius 2 is 1.77 bits per heavy atom. The summed E-state index contributed by atoms with van der Waals surface area (Å²) in [5.74, 6) is -0.544. The fraction of sp³-hybridized carbons (Fsp3) is 0.227. The van der Waals surface area contributed by atoms with Gasteiger partial charge in [-0.2, -0.15) is 4.98 Å². The Balaban J connectivity index is 1.82. The van der Waals surface area contributed by atoms with Gasteiger partial charge in [0.15, 0.2) is 11.2 Å². The predicted octanol–water partition coefficient (Wildman–Crippen LogP) is 3.66. The molecule has 184 valence electrons. The first-order chi connectivity index (χ1) is 16.6. The van der Waals surface area contributed by atoms with E-state index in [9.17, 15) is 22.8 Å². The van der Waals surface area contributed by atoms with Crippen LogP contribution >= 0.6 is 11.6 Å². The molecular weight excluding hydrogens is 493 g/mol. The van der Waals surface area contributed by atoms with Gasteiger partial charge in [0.05, 0.1) is 6.54 Å². The van der Waals surface area contributed by atoms with Crippen molar-refractivity contribution in [1.82, 2.24) is 19.1 Å². The molecule has 0 aliphatic heterocycles. The lowest BCUT2D eigenvalue weighted by Gasteiger charge is -2.12. The maximum Gasteiger partial charge on any atom is 0.573 e. The molecule has 0 unspecified atom stereocenters. The standard InChI is InChI=1S/C22H18ClF3N4O5/c23-14-7-5-13(6-8-14)12-30-17-18(27-20(33)29(19(17)32)9-2-10-31)28-21(30)34-15-3-1-4-16(11-15)35-22(24,25)26/h1,3-8,11,31H,2,9-10,12H2,(H,27,33). The molecule has 9 nitrogen and oxygen atoms in total. The van der Waals surface area contributed by atoms with Crippen LogP contribution in [0, 0.1) is 0 Å². The van der Waals surface area contributed by atoms with Gasteiger partial charge in [-0.15, -0.1) is 13.2 Å². The number of H-pyrrole nitrogens is 1. The number of nitrogens with one attached hydrogen (secondary N) is 1. The summed E-state index contributed by atoms with van der Waals surface area (Å²) in [5.41, 5.74) is -0.732. The van der Waals surface area contributed by atoms with Crippen molar-refractivity contribution < 1.29 is 27.8 Å². The monoisotopic (exact) mass is 510 g/mol. The third-order valence-corrected chi connectivity index (χ3v) is 5.14. The fourth-order valence-electron chi connectivity index (χ4n) is 3.39. The zero-order chi connectivity index (χ0) is 25.2. The quantitative estimate of drug-likeness (QED) is 0.374. The molecule has 35 heavy (non-hydrogen) atoms. The molecule has 0 radical (unpaired) electrons. The maximum absolute atomic E-state index is 13.2. The van der Waals surface area contributed by atoms with Crippen LogP contribution in [0.1, 0.15) is 12.0 Å². The Kier molecular flexibility index (Phi) is 6.85. The van der Waals surface area contributed by atoms with Crippen LogP contribution in [0.25, 0.3) is 11.2 Å². The molecule has 4 rings (SSSR count). The number of alkyl halides is 3. The van der Waals surface area contributed by atoms with Crippen molar-refractivity contribution in [3.05, 3.63) is 80.0 Å². The molecule has 0 atom stereocenters. The molecular formula is C22H18ClF3N4O5. The van der Waals surface area contributed by atoms with Crippen LogP contribution in [0.2, 0.25) is 5.02 Å². The second-order valence-corrected chi connectivity index (χ2v) is 7.83. The van der Waals surface area contributed by atoms with Gasteiger partial charge in [0.2, 0.25) is 0 Å². The van der Waals surface area contributed by atoms with Crippen LogP contribution in [0.4, 0.5) is 13.2 Å². The topological polar surface area (TPSA) is 111 Å². The van der Waals surface area contributed by atoms with E-state index >= 15 is 0 Å². The van der Waals surface area contributed by atoms with Gasteiger partial charge < -0.3 is 14.6 Å². The number of rotatable bonds is 8. The van der Waals surface area contributed by atoms with Gasteiger partial charge in [0.1, 0.15) is 11.5 Å². The highest BCUT2D eigenvalue weighted by molar-refractivity contribution is 6.30. The molecule has 0 spiro atoms. The highest BCUT2D eigenvalue weighted by Crippen LogP contribution is 2.30. The summed E-state index contributed by atoms with van der Waals surface area (Å²) < 4.78 is 49.8. The Morgan fingerprint density at radius 1 is 1.06 bits per heavy atom. The van der Waals surface area contributed by atoms with E-state index in [4.69, 9.17) is 21.4 Å². The minimum atomic E-state index is -4.89. The third-order valence-electron chi connectivity index (χ3n) is 4.89. The van der Waals surface area contributed by atoms with Gasteiger partial charge in [-0.25, -0.2) is 4.79 Å². The van der Waals surface area contributed by atoms with Crippen molar-refractivity contribution >= 4 is 22.8 Å². The van der Waals surface area contributed by atoms with E-state index in [2.05, 4.69) is 14.7 Å². The van der Waals surface area contributed by atoms with Gasteiger partial charge in [0.25, 0.3) is 5.56 Å². The molecule has 2 aromatic heterocycles. The summed E-state index contributed by atoms with van der Waals surface area (Å²) in [6, 6.07) is 11.4. The van der Waals surface area contributed by atoms with Gasteiger partial charge in [-0.05, 0) is 36.2 Å². The summed E-state index contributed by atoms with van der Waals surface area (Å²) in [4.78, 5) is 32.3. The Hall–Kier alpha value is -3.77. The van der Waals surface area contributed by atoms with E-state index in [-0.39, 0.29) is 49.0 Å². The van der Waals surface area contributed by atoms with E-state index in [0.29, 0.717) is 10.6 Å². The van der Waals surface area contributed by atoms with Gasteiger partial charge in [0, 0.05) is 24.2 Å². The van der Waals surface area contributed by atoms with E-state index in [1.54, 1.807) is 24.3 Å². The highest BCUT2D eigenvalue weighted by Gasteiger charge is 2.31. The first-order valence-corrected chi connectivity index (χ1v) is 10.6. The van der Waals surface area contributed by atoms with Crippen molar-refractivity contribution in [3.8, 4) is 17.5 Å². The van der Waals surface area contributed by atoms with Gasteiger partial charge in [-0.1, -0.05) is 29.8 Å². The molecule has 0 saturated heterocycles. The molecule has 13 heteroatoms. The number of aliphatic hydroxyl groups is 1. The first-order valence-electron chi connectivity index (χ1n) is 10.3. The average molecular weight is 511 g/mol. The van der Waals surface area contributed by atoms with Crippen LogP contribution in [-0.2, 0) is 13.1 Å². The van der Waals surface area contributed by atoms with E-state index in [0.717, 1.165) is 16.7 Å². The number of halogens is 4. The second kappa shape index (κ2) is 9.84. The van der Waals surface area contributed by atoms with Crippen LogP contribution in [0.5, 0.6) is 17.5 Å². The van der Waals surface area contributed by atoms with Crippen LogP contribution in [0.15, 0.2) is 58.1 Å². The Morgan fingerprint density at radius 3 is 2.46 bits per heavy atom. The summed E-state index contributed by atoms with van der Waals surface area (Å²) in [6.45, 7) is -0.179. The molecule has 0 amide bonds. The van der Waals surface area contributed by atoms with Crippen molar-refractivity contribution in [3.63, 3.8) is 0 Å². The molecule has 0 fully saturated rings. The number of fused-ring (bicyclic) bond motifs is 1. The first kappa shape index (κ1) is 24.4. The number of aromatic nitrogens is 4. The van der Waals surface area contributed by atoms with Gasteiger partial charge >= 0.3 is 18.1 Å².